The molecule has 2 N–H and O–H groups in total. The first-order valence-corrected chi connectivity index (χ1v) is 11.6. The molecule has 1 aromatic rings. The lowest BCUT2D eigenvalue weighted by Crippen LogP contribution is -2.37. The summed E-state index contributed by atoms with van der Waals surface area (Å²) in [5.41, 5.74) is 3.66. The van der Waals surface area contributed by atoms with Crippen LogP contribution >= 0.6 is 15.9 Å². The zero-order chi connectivity index (χ0) is 20.3. The third-order valence-electron chi connectivity index (χ3n) is 7.66. The van der Waals surface area contributed by atoms with E-state index in [1.165, 1.54) is 32.1 Å². The monoisotopic (exact) mass is 446 g/mol. The van der Waals surface area contributed by atoms with Gasteiger partial charge in [-0.25, -0.2) is 0 Å². The van der Waals surface area contributed by atoms with Crippen LogP contribution in [0.1, 0.15) is 63.9 Å². The van der Waals surface area contributed by atoms with Gasteiger partial charge < -0.3 is 10.2 Å². The molecule has 2 saturated carbocycles. The van der Waals surface area contributed by atoms with Gasteiger partial charge in [0.2, 0.25) is 0 Å². The Labute approximate surface area is 178 Å². The van der Waals surface area contributed by atoms with Crippen molar-refractivity contribution in [2.45, 2.75) is 64.4 Å². The lowest BCUT2D eigenvalue weighted by atomic mass is 9.61. The smallest absolute Gasteiger partial charge is 0.0649 e. The minimum absolute atomic E-state index is 0.0897. The molecular weight excluding hydrogens is 412 g/mol. The number of rotatable bonds is 7. The van der Waals surface area contributed by atoms with Crippen LogP contribution in [0.25, 0.3) is 0 Å². The van der Waals surface area contributed by atoms with Crippen LogP contribution < -0.4 is 0 Å². The molecule has 0 aromatic heterocycles. The van der Waals surface area contributed by atoms with Crippen molar-refractivity contribution in [3.8, 4) is 0 Å². The van der Waals surface area contributed by atoms with Gasteiger partial charge >= 0.3 is 0 Å². The summed E-state index contributed by atoms with van der Waals surface area (Å²) in [7, 11) is 0. The maximum absolute atomic E-state index is 11.2. The quantitative estimate of drug-likeness (QED) is 0.489. The molecule has 3 rings (SSSR count). The molecule has 1 aromatic carbocycles. The van der Waals surface area contributed by atoms with E-state index >= 15 is 0 Å². The molecular formula is C25H35BrO2. The predicted molar refractivity (Wildman–Crippen MR) is 120 cm³/mol. The van der Waals surface area contributed by atoms with Crippen molar-refractivity contribution in [3.63, 3.8) is 0 Å². The number of aliphatic hydroxyl groups is 2. The molecule has 0 unspecified atom stereocenters. The van der Waals surface area contributed by atoms with E-state index < -0.39 is 6.10 Å². The van der Waals surface area contributed by atoms with Crippen molar-refractivity contribution in [1.29, 1.82) is 0 Å². The summed E-state index contributed by atoms with van der Waals surface area (Å²) >= 11 is 3.60. The van der Waals surface area contributed by atoms with E-state index in [1.807, 2.05) is 30.3 Å². The maximum atomic E-state index is 11.2. The van der Waals surface area contributed by atoms with Crippen LogP contribution in [0.5, 0.6) is 0 Å². The SMILES string of the molecule is C=C(CO)[C@H](c1ccccc1)[C@H](O)C[C@@H](C)[C@H]1CC[C@H]2C(=CBr)CCC[C@]12C. The first-order chi connectivity index (χ1) is 13.4. The van der Waals surface area contributed by atoms with Crippen LogP contribution in [-0.4, -0.2) is 22.9 Å². The van der Waals surface area contributed by atoms with E-state index in [0.717, 1.165) is 12.0 Å². The molecule has 0 amide bonds. The first-order valence-electron chi connectivity index (χ1n) is 10.7. The summed E-state index contributed by atoms with van der Waals surface area (Å²) in [6.45, 7) is 8.76. The van der Waals surface area contributed by atoms with E-state index in [0.29, 0.717) is 28.7 Å². The second-order valence-electron chi connectivity index (χ2n) is 9.26. The van der Waals surface area contributed by atoms with Gasteiger partial charge in [-0.3, -0.25) is 0 Å². The number of aliphatic hydroxyl groups excluding tert-OH is 2. The Morgan fingerprint density at radius 1 is 1.32 bits per heavy atom. The van der Waals surface area contributed by atoms with Crippen LogP contribution in [0.15, 0.2) is 53.0 Å². The Kier molecular flexibility index (Phi) is 7.22. The Balaban J connectivity index is 1.76. The largest absolute Gasteiger partial charge is 0.392 e. The van der Waals surface area contributed by atoms with E-state index in [2.05, 4.69) is 41.3 Å². The van der Waals surface area contributed by atoms with E-state index in [9.17, 15) is 10.2 Å². The van der Waals surface area contributed by atoms with Gasteiger partial charge in [0.1, 0.15) is 0 Å². The molecule has 28 heavy (non-hydrogen) atoms. The van der Waals surface area contributed by atoms with Crippen LogP contribution in [0.4, 0.5) is 0 Å². The molecule has 2 aliphatic rings. The van der Waals surface area contributed by atoms with Gasteiger partial charge in [-0.1, -0.05) is 72.3 Å². The van der Waals surface area contributed by atoms with Crippen LogP contribution in [0, 0.1) is 23.2 Å². The normalized spacial score (nSPS) is 32.0. The van der Waals surface area contributed by atoms with E-state index in [4.69, 9.17) is 0 Å². The predicted octanol–water partition coefficient (Wildman–Crippen LogP) is 6.20. The fourth-order valence-corrected chi connectivity index (χ4v) is 6.86. The second kappa shape index (κ2) is 9.28. The lowest BCUT2D eigenvalue weighted by Gasteiger charge is -2.44. The van der Waals surface area contributed by atoms with E-state index in [1.54, 1.807) is 5.57 Å². The average molecular weight is 447 g/mol. The van der Waals surface area contributed by atoms with Gasteiger partial charge in [-0.15, -0.1) is 0 Å². The van der Waals surface area contributed by atoms with Crippen molar-refractivity contribution in [2.24, 2.45) is 23.2 Å². The zero-order valence-corrected chi connectivity index (χ0v) is 18.9. The molecule has 2 aliphatic carbocycles. The first kappa shape index (κ1) is 21.8. The molecule has 0 spiro atoms. The van der Waals surface area contributed by atoms with Gasteiger partial charge in [0.25, 0.3) is 0 Å². The van der Waals surface area contributed by atoms with Crippen molar-refractivity contribution in [2.75, 3.05) is 6.61 Å². The fourth-order valence-electron chi connectivity index (χ4n) is 6.32. The number of benzene rings is 1. The molecule has 0 bridgehead atoms. The number of hydrogen-bond donors (Lipinski definition) is 2. The van der Waals surface area contributed by atoms with Crippen LogP contribution in [0.2, 0.25) is 0 Å². The van der Waals surface area contributed by atoms with Crippen molar-refractivity contribution < 1.29 is 10.2 Å². The number of hydrogen-bond acceptors (Lipinski definition) is 2. The summed E-state index contributed by atoms with van der Waals surface area (Å²) in [6.07, 6.45) is 6.53. The highest BCUT2D eigenvalue weighted by Crippen LogP contribution is 2.60. The third kappa shape index (κ3) is 4.17. The van der Waals surface area contributed by atoms with Crippen molar-refractivity contribution in [3.05, 3.63) is 58.6 Å². The summed E-state index contributed by atoms with van der Waals surface area (Å²) in [5.74, 6) is 1.55. The highest BCUT2D eigenvalue weighted by atomic mass is 79.9. The molecule has 0 saturated heterocycles. The Bertz CT molecular complexity index is 698. The maximum Gasteiger partial charge on any atom is 0.0649 e. The second-order valence-corrected chi connectivity index (χ2v) is 9.72. The van der Waals surface area contributed by atoms with Crippen LogP contribution in [0.3, 0.4) is 0 Å². The van der Waals surface area contributed by atoms with Gasteiger partial charge in [-0.2, -0.15) is 0 Å². The third-order valence-corrected chi connectivity index (χ3v) is 8.25. The summed E-state index contributed by atoms with van der Waals surface area (Å²) in [4.78, 5) is 2.17. The van der Waals surface area contributed by atoms with Crippen molar-refractivity contribution >= 4 is 15.9 Å². The minimum atomic E-state index is -0.519. The standard InChI is InChI=1S/C25H35BrO2/c1-17(21-11-12-22-20(15-26)10-7-13-25(21,22)3)14-23(28)24(18(2)16-27)19-8-5-4-6-9-19/h4-6,8-9,15,17,21-24,27-28H,2,7,10-14,16H2,1,3H3/t17-,21-,22+,23-,24-,25-/m1/s1. The Hall–Kier alpha value is -0.900. The molecule has 3 heteroatoms. The van der Waals surface area contributed by atoms with Crippen LogP contribution in [-0.2, 0) is 0 Å². The Morgan fingerprint density at radius 3 is 2.68 bits per heavy atom. The van der Waals surface area contributed by atoms with Gasteiger partial charge in [0.15, 0.2) is 0 Å². The summed E-state index contributed by atoms with van der Waals surface area (Å²) in [5, 5.41) is 20.9. The molecule has 0 heterocycles. The highest BCUT2D eigenvalue weighted by molar-refractivity contribution is 9.11. The molecule has 154 valence electrons. The highest BCUT2D eigenvalue weighted by Gasteiger charge is 2.50. The zero-order valence-electron chi connectivity index (χ0n) is 17.3. The van der Waals surface area contributed by atoms with Gasteiger partial charge in [0, 0.05) is 5.92 Å². The average Bonchev–Trinajstić information content (AvgIpc) is 3.05. The Morgan fingerprint density at radius 2 is 2.04 bits per heavy atom. The molecule has 0 radical (unpaired) electrons. The molecule has 2 nitrogen and oxygen atoms in total. The fraction of sp³-hybridized carbons (Fsp3) is 0.600. The molecule has 2 fully saturated rings. The summed E-state index contributed by atoms with van der Waals surface area (Å²) in [6, 6.07) is 10.0. The summed E-state index contributed by atoms with van der Waals surface area (Å²) < 4.78 is 0. The topological polar surface area (TPSA) is 40.5 Å². The number of halogens is 1. The molecule has 0 aliphatic heterocycles. The lowest BCUT2D eigenvalue weighted by molar-refractivity contribution is 0.0572. The molecule has 6 atom stereocenters. The number of allylic oxidation sites excluding steroid dienone is 1. The van der Waals surface area contributed by atoms with E-state index in [-0.39, 0.29) is 12.5 Å². The van der Waals surface area contributed by atoms with Gasteiger partial charge in [-0.05, 0) is 77.8 Å². The number of fused-ring (bicyclic) bond motifs is 1. The van der Waals surface area contributed by atoms with Gasteiger partial charge in [0.05, 0.1) is 12.7 Å². The minimum Gasteiger partial charge on any atom is -0.392 e. The van der Waals surface area contributed by atoms with Crippen molar-refractivity contribution in [1.82, 2.24) is 0 Å².